The van der Waals surface area contributed by atoms with Crippen LogP contribution in [-0.2, 0) is 14.4 Å². The molecule has 0 atom stereocenters. The minimum absolute atomic E-state index is 0.0545. The van der Waals surface area contributed by atoms with Gasteiger partial charge in [0.25, 0.3) is 0 Å². The van der Waals surface area contributed by atoms with Gasteiger partial charge in [0.05, 0.1) is 0 Å². The number of hydrogen-bond acceptors (Lipinski definition) is 3. The lowest BCUT2D eigenvalue weighted by atomic mass is 10.2. The highest BCUT2D eigenvalue weighted by molar-refractivity contribution is 5.97. The summed E-state index contributed by atoms with van der Waals surface area (Å²) < 4.78 is 0. The molecule has 0 spiro atoms. The van der Waals surface area contributed by atoms with Gasteiger partial charge in [-0.1, -0.05) is 13.8 Å². The topological polar surface area (TPSA) is 60.9 Å². The van der Waals surface area contributed by atoms with Gasteiger partial charge in [-0.25, -0.2) is 0 Å². The van der Waals surface area contributed by atoms with E-state index in [9.17, 15) is 14.4 Å². The standard InChI is InChI=1S/C14H25N3O3/c1-3-5-16(6-4-2)13(19)11-14(20)17-9-7-15(12-18)8-10-17/h12H,3-11H2,1-2H3. The first-order valence-electron chi connectivity index (χ1n) is 7.37. The third kappa shape index (κ3) is 4.83. The molecule has 1 aliphatic heterocycles. The van der Waals surface area contributed by atoms with Crippen molar-refractivity contribution in [2.45, 2.75) is 33.1 Å². The molecule has 0 aliphatic carbocycles. The zero-order valence-corrected chi connectivity index (χ0v) is 12.5. The second kappa shape index (κ2) is 8.55. The predicted octanol–water partition coefficient (Wildman–Crippen LogP) is 0.326. The zero-order chi connectivity index (χ0) is 15.0. The molecule has 0 aromatic rings. The second-order valence-corrected chi connectivity index (χ2v) is 5.08. The van der Waals surface area contributed by atoms with Crippen molar-refractivity contribution in [2.75, 3.05) is 39.3 Å². The number of rotatable bonds is 7. The average molecular weight is 283 g/mol. The van der Waals surface area contributed by atoms with Crippen LogP contribution in [0.1, 0.15) is 33.1 Å². The average Bonchev–Trinajstić information content (AvgIpc) is 2.47. The van der Waals surface area contributed by atoms with Crippen molar-refractivity contribution < 1.29 is 14.4 Å². The maximum absolute atomic E-state index is 12.1. The maximum atomic E-state index is 12.1. The van der Waals surface area contributed by atoms with Crippen LogP contribution in [0.2, 0.25) is 0 Å². The van der Waals surface area contributed by atoms with Crippen LogP contribution >= 0.6 is 0 Å². The summed E-state index contributed by atoms with van der Waals surface area (Å²) in [7, 11) is 0. The Bertz CT molecular complexity index is 333. The van der Waals surface area contributed by atoms with Gasteiger partial charge in [-0.3, -0.25) is 14.4 Å². The molecule has 114 valence electrons. The third-order valence-electron chi connectivity index (χ3n) is 3.46. The second-order valence-electron chi connectivity index (χ2n) is 5.08. The summed E-state index contributed by atoms with van der Waals surface area (Å²) in [6.07, 6.45) is 2.55. The molecule has 0 N–H and O–H groups in total. The van der Waals surface area contributed by atoms with Gasteiger partial charge in [0, 0.05) is 39.3 Å². The van der Waals surface area contributed by atoms with Crippen LogP contribution in [0.3, 0.4) is 0 Å². The van der Waals surface area contributed by atoms with Gasteiger partial charge in [0.1, 0.15) is 6.42 Å². The van der Waals surface area contributed by atoms with E-state index in [1.54, 1.807) is 14.7 Å². The van der Waals surface area contributed by atoms with Gasteiger partial charge in [0.2, 0.25) is 18.2 Å². The molecule has 3 amide bonds. The van der Waals surface area contributed by atoms with E-state index in [4.69, 9.17) is 0 Å². The molecule has 1 saturated heterocycles. The minimum atomic E-state index is -0.127. The van der Waals surface area contributed by atoms with Gasteiger partial charge in [-0.2, -0.15) is 0 Å². The van der Waals surface area contributed by atoms with Crippen molar-refractivity contribution in [3.05, 3.63) is 0 Å². The van der Waals surface area contributed by atoms with E-state index in [2.05, 4.69) is 0 Å². The number of hydrogen-bond donors (Lipinski definition) is 0. The smallest absolute Gasteiger partial charge is 0.232 e. The Morgan fingerprint density at radius 1 is 1.05 bits per heavy atom. The quantitative estimate of drug-likeness (QED) is 0.499. The fraction of sp³-hybridized carbons (Fsp3) is 0.786. The summed E-state index contributed by atoms with van der Waals surface area (Å²) in [5.41, 5.74) is 0. The van der Waals surface area contributed by atoms with E-state index in [0.717, 1.165) is 19.3 Å². The highest BCUT2D eigenvalue weighted by atomic mass is 16.2. The molecule has 0 aromatic heterocycles. The highest BCUT2D eigenvalue weighted by Crippen LogP contribution is 2.05. The monoisotopic (exact) mass is 283 g/mol. The van der Waals surface area contributed by atoms with E-state index in [1.807, 2.05) is 13.8 Å². The van der Waals surface area contributed by atoms with Crippen molar-refractivity contribution in [1.29, 1.82) is 0 Å². The fourth-order valence-electron chi connectivity index (χ4n) is 2.33. The van der Waals surface area contributed by atoms with Crippen LogP contribution < -0.4 is 0 Å². The van der Waals surface area contributed by atoms with Crippen molar-refractivity contribution in [3.63, 3.8) is 0 Å². The summed E-state index contributed by atoms with van der Waals surface area (Å²) in [6.45, 7) is 7.61. The van der Waals surface area contributed by atoms with E-state index in [0.29, 0.717) is 39.3 Å². The first kappa shape index (κ1) is 16.5. The van der Waals surface area contributed by atoms with E-state index < -0.39 is 0 Å². The molecular weight excluding hydrogens is 258 g/mol. The first-order chi connectivity index (χ1) is 9.62. The summed E-state index contributed by atoms with van der Waals surface area (Å²) >= 11 is 0. The minimum Gasteiger partial charge on any atom is -0.342 e. The molecule has 6 nitrogen and oxygen atoms in total. The Balaban J connectivity index is 2.44. The van der Waals surface area contributed by atoms with Crippen molar-refractivity contribution in [2.24, 2.45) is 0 Å². The SMILES string of the molecule is CCCN(CCC)C(=O)CC(=O)N1CCN(C=O)CC1. The molecule has 1 fully saturated rings. The molecule has 1 heterocycles. The van der Waals surface area contributed by atoms with Crippen LogP contribution in [0.5, 0.6) is 0 Å². The summed E-state index contributed by atoms with van der Waals surface area (Å²) in [4.78, 5) is 39.9. The first-order valence-corrected chi connectivity index (χ1v) is 7.37. The van der Waals surface area contributed by atoms with Crippen LogP contribution in [0, 0.1) is 0 Å². The molecule has 0 radical (unpaired) electrons. The molecular formula is C14H25N3O3. The number of carbonyl (C=O) groups excluding carboxylic acids is 3. The predicted molar refractivity (Wildman–Crippen MR) is 76.0 cm³/mol. The Morgan fingerprint density at radius 2 is 1.60 bits per heavy atom. The van der Waals surface area contributed by atoms with Gasteiger partial charge in [0.15, 0.2) is 0 Å². The van der Waals surface area contributed by atoms with E-state index >= 15 is 0 Å². The van der Waals surface area contributed by atoms with Crippen LogP contribution in [0.4, 0.5) is 0 Å². The Morgan fingerprint density at radius 3 is 2.05 bits per heavy atom. The number of piperazine rings is 1. The molecule has 0 saturated carbocycles. The van der Waals surface area contributed by atoms with Gasteiger partial charge in [-0.05, 0) is 12.8 Å². The van der Waals surface area contributed by atoms with Crippen molar-refractivity contribution in [3.8, 4) is 0 Å². The van der Waals surface area contributed by atoms with Gasteiger partial charge in [-0.15, -0.1) is 0 Å². The van der Waals surface area contributed by atoms with Crippen LogP contribution in [0.25, 0.3) is 0 Å². The normalized spacial score (nSPS) is 15.1. The largest absolute Gasteiger partial charge is 0.342 e. The van der Waals surface area contributed by atoms with Crippen molar-refractivity contribution >= 4 is 18.2 Å². The summed E-state index contributed by atoms with van der Waals surface area (Å²) in [5.74, 6) is -0.214. The summed E-state index contributed by atoms with van der Waals surface area (Å²) in [6, 6.07) is 0. The molecule has 0 aromatic carbocycles. The Labute approximate surface area is 120 Å². The molecule has 0 unspecified atom stereocenters. The number of nitrogens with zero attached hydrogens (tertiary/aromatic N) is 3. The maximum Gasteiger partial charge on any atom is 0.232 e. The Kier molecular flexibility index (Phi) is 7.04. The lowest BCUT2D eigenvalue weighted by Crippen LogP contribution is -2.49. The van der Waals surface area contributed by atoms with Gasteiger partial charge < -0.3 is 14.7 Å². The fourth-order valence-corrected chi connectivity index (χ4v) is 2.33. The number of amides is 3. The molecule has 1 rings (SSSR count). The number of carbonyl (C=O) groups is 3. The Hall–Kier alpha value is -1.59. The van der Waals surface area contributed by atoms with E-state index in [1.165, 1.54) is 0 Å². The summed E-state index contributed by atoms with van der Waals surface area (Å²) in [5, 5.41) is 0. The van der Waals surface area contributed by atoms with Gasteiger partial charge >= 0.3 is 0 Å². The molecule has 0 bridgehead atoms. The zero-order valence-electron chi connectivity index (χ0n) is 12.5. The molecule has 20 heavy (non-hydrogen) atoms. The third-order valence-corrected chi connectivity index (χ3v) is 3.46. The lowest BCUT2D eigenvalue weighted by molar-refractivity contribution is -0.142. The van der Waals surface area contributed by atoms with E-state index in [-0.39, 0.29) is 18.2 Å². The molecule has 1 aliphatic rings. The molecule has 6 heteroatoms. The highest BCUT2D eigenvalue weighted by Gasteiger charge is 2.23. The van der Waals surface area contributed by atoms with Crippen LogP contribution in [0.15, 0.2) is 0 Å². The van der Waals surface area contributed by atoms with Crippen LogP contribution in [-0.4, -0.2) is 72.2 Å². The van der Waals surface area contributed by atoms with Crippen molar-refractivity contribution in [1.82, 2.24) is 14.7 Å². The lowest BCUT2D eigenvalue weighted by Gasteiger charge is -2.33.